The van der Waals surface area contributed by atoms with Gasteiger partial charge in [-0.25, -0.2) is 4.79 Å². The van der Waals surface area contributed by atoms with Gasteiger partial charge in [0.1, 0.15) is 12.1 Å². The SMILES string of the molecule is CC(C)[C@H](N)C(=O)N[C@H](C(=O)N[C@@H](CCC(=O)O)C(=O)O)C(C)C. The second kappa shape index (κ2) is 9.86. The minimum absolute atomic E-state index is 0.122. The number of nitrogens with two attached hydrogens (primary N) is 1. The summed E-state index contributed by atoms with van der Waals surface area (Å²) in [7, 11) is 0. The maximum absolute atomic E-state index is 12.3. The third kappa shape index (κ3) is 7.40. The van der Waals surface area contributed by atoms with Gasteiger partial charge in [-0.3, -0.25) is 14.4 Å². The number of rotatable bonds is 10. The van der Waals surface area contributed by atoms with E-state index < -0.39 is 48.3 Å². The molecule has 0 bridgehead atoms. The van der Waals surface area contributed by atoms with Crippen molar-refractivity contribution in [2.75, 3.05) is 0 Å². The Balaban J connectivity index is 4.97. The zero-order chi connectivity index (χ0) is 19.0. The van der Waals surface area contributed by atoms with Crippen LogP contribution in [0.4, 0.5) is 0 Å². The lowest BCUT2D eigenvalue weighted by molar-refractivity contribution is -0.143. The van der Waals surface area contributed by atoms with Gasteiger partial charge >= 0.3 is 11.9 Å². The van der Waals surface area contributed by atoms with Crippen molar-refractivity contribution in [3.63, 3.8) is 0 Å². The smallest absolute Gasteiger partial charge is 0.326 e. The lowest BCUT2D eigenvalue weighted by Crippen LogP contribution is -2.57. The predicted molar refractivity (Wildman–Crippen MR) is 86.0 cm³/mol. The van der Waals surface area contributed by atoms with Crippen molar-refractivity contribution < 1.29 is 29.4 Å². The maximum atomic E-state index is 12.3. The van der Waals surface area contributed by atoms with E-state index in [0.29, 0.717) is 0 Å². The molecule has 0 aromatic heterocycles. The molecule has 0 aliphatic carbocycles. The number of carboxylic acids is 2. The van der Waals surface area contributed by atoms with Crippen LogP contribution in [0.5, 0.6) is 0 Å². The van der Waals surface area contributed by atoms with Crippen LogP contribution < -0.4 is 16.4 Å². The average Bonchev–Trinajstić information content (AvgIpc) is 2.46. The van der Waals surface area contributed by atoms with Gasteiger partial charge in [-0.15, -0.1) is 0 Å². The number of aliphatic carboxylic acids is 2. The first-order valence-electron chi connectivity index (χ1n) is 7.78. The summed E-state index contributed by atoms with van der Waals surface area (Å²) in [5.74, 6) is -4.11. The summed E-state index contributed by atoms with van der Waals surface area (Å²) in [5, 5.41) is 22.5. The van der Waals surface area contributed by atoms with Crippen LogP contribution in [0.1, 0.15) is 40.5 Å². The van der Waals surface area contributed by atoms with Crippen molar-refractivity contribution in [3.8, 4) is 0 Å². The number of carbonyl (C=O) groups is 4. The van der Waals surface area contributed by atoms with Crippen molar-refractivity contribution in [2.24, 2.45) is 17.6 Å². The van der Waals surface area contributed by atoms with Gasteiger partial charge in [0.05, 0.1) is 6.04 Å². The van der Waals surface area contributed by atoms with E-state index in [2.05, 4.69) is 10.6 Å². The Morgan fingerprint density at radius 1 is 0.917 bits per heavy atom. The molecule has 0 aliphatic heterocycles. The molecular weight excluding hydrogens is 318 g/mol. The molecule has 0 unspecified atom stereocenters. The highest BCUT2D eigenvalue weighted by Gasteiger charge is 2.30. The van der Waals surface area contributed by atoms with Crippen molar-refractivity contribution in [2.45, 2.75) is 58.7 Å². The summed E-state index contributed by atoms with van der Waals surface area (Å²) >= 11 is 0. The zero-order valence-electron chi connectivity index (χ0n) is 14.4. The number of hydrogen-bond donors (Lipinski definition) is 5. The van der Waals surface area contributed by atoms with Gasteiger partial charge in [-0.1, -0.05) is 27.7 Å². The molecule has 2 amide bonds. The van der Waals surface area contributed by atoms with Gasteiger partial charge in [0.25, 0.3) is 0 Å². The summed E-state index contributed by atoms with van der Waals surface area (Å²) < 4.78 is 0. The molecule has 0 rings (SSSR count). The molecule has 0 aromatic rings. The van der Waals surface area contributed by atoms with E-state index >= 15 is 0 Å². The highest BCUT2D eigenvalue weighted by atomic mass is 16.4. The minimum atomic E-state index is -1.34. The monoisotopic (exact) mass is 345 g/mol. The number of amides is 2. The first-order chi connectivity index (χ1) is 11.0. The standard InChI is InChI=1S/C15H27N3O6/c1-7(2)11(16)13(21)18-12(8(3)4)14(22)17-9(15(23)24)5-6-10(19)20/h7-9,11-12H,5-6,16H2,1-4H3,(H,17,22)(H,18,21)(H,19,20)(H,23,24)/t9-,11-,12-/m0/s1. The molecule has 0 saturated heterocycles. The normalized spacial score (nSPS) is 14.8. The van der Waals surface area contributed by atoms with E-state index in [4.69, 9.17) is 15.9 Å². The topological polar surface area (TPSA) is 159 Å². The Hall–Kier alpha value is -2.16. The summed E-state index contributed by atoms with van der Waals surface area (Å²) in [6.45, 7) is 6.92. The van der Waals surface area contributed by atoms with Gasteiger partial charge in [-0.2, -0.15) is 0 Å². The number of nitrogens with one attached hydrogen (secondary N) is 2. The Morgan fingerprint density at radius 3 is 1.83 bits per heavy atom. The van der Waals surface area contributed by atoms with E-state index in [1.54, 1.807) is 27.7 Å². The van der Waals surface area contributed by atoms with Crippen molar-refractivity contribution in [3.05, 3.63) is 0 Å². The summed E-state index contributed by atoms with van der Waals surface area (Å²) in [6, 6.07) is -3.10. The van der Waals surface area contributed by atoms with Crippen LogP contribution in [0.3, 0.4) is 0 Å². The van der Waals surface area contributed by atoms with Crippen molar-refractivity contribution >= 4 is 23.8 Å². The second-order valence-corrected chi connectivity index (χ2v) is 6.33. The summed E-state index contributed by atoms with van der Waals surface area (Å²) in [4.78, 5) is 46.0. The number of hydrogen-bond acceptors (Lipinski definition) is 5. The quantitative estimate of drug-likeness (QED) is 0.358. The average molecular weight is 345 g/mol. The van der Waals surface area contributed by atoms with Crippen LogP contribution in [0.25, 0.3) is 0 Å². The molecule has 6 N–H and O–H groups in total. The first-order valence-corrected chi connectivity index (χ1v) is 7.78. The third-order valence-corrected chi connectivity index (χ3v) is 3.53. The van der Waals surface area contributed by atoms with Gasteiger partial charge in [0, 0.05) is 6.42 Å². The Kier molecular flexibility index (Phi) is 8.97. The first kappa shape index (κ1) is 21.8. The highest BCUT2D eigenvalue weighted by molar-refractivity contribution is 5.92. The molecule has 0 spiro atoms. The van der Waals surface area contributed by atoms with Crippen LogP contribution in [-0.2, 0) is 19.2 Å². The van der Waals surface area contributed by atoms with Crippen LogP contribution in [0.15, 0.2) is 0 Å². The molecule has 0 fully saturated rings. The van der Waals surface area contributed by atoms with Crippen LogP contribution in [-0.4, -0.2) is 52.1 Å². The largest absolute Gasteiger partial charge is 0.481 e. The highest BCUT2D eigenvalue weighted by Crippen LogP contribution is 2.07. The van der Waals surface area contributed by atoms with E-state index in [-0.39, 0.29) is 18.3 Å². The van der Waals surface area contributed by atoms with E-state index in [9.17, 15) is 19.2 Å². The number of carbonyl (C=O) groups excluding carboxylic acids is 2. The molecule has 0 radical (unpaired) electrons. The molecule has 9 nitrogen and oxygen atoms in total. The molecule has 3 atom stereocenters. The fraction of sp³-hybridized carbons (Fsp3) is 0.733. The van der Waals surface area contributed by atoms with Crippen LogP contribution in [0, 0.1) is 11.8 Å². The van der Waals surface area contributed by atoms with E-state index in [1.807, 2.05) is 0 Å². The Bertz CT molecular complexity index is 478. The van der Waals surface area contributed by atoms with Gasteiger partial charge < -0.3 is 26.6 Å². The minimum Gasteiger partial charge on any atom is -0.481 e. The zero-order valence-corrected chi connectivity index (χ0v) is 14.4. The third-order valence-electron chi connectivity index (χ3n) is 3.53. The molecule has 0 aliphatic rings. The maximum Gasteiger partial charge on any atom is 0.326 e. The molecule has 138 valence electrons. The molecular formula is C15H27N3O6. The molecule has 24 heavy (non-hydrogen) atoms. The number of carboxylic acid groups (broad SMARTS) is 2. The lowest BCUT2D eigenvalue weighted by Gasteiger charge is -2.26. The Morgan fingerprint density at radius 2 is 1.46 bits per heavy atom. The second-order valence-electron chi connectivity index (χ2n) is 6.33. The molecule has 9 heteroatoms. The van der Waals surface area contributed by atoms with Crippen LogP contribution in [0.2, 0.25) is 0 Å². The lowest BCUT2D eigenvalue weighted by atomic mass is 9.99. The van der Waals surface area contributed by atoms with Crippen LogP contribution >= 0.6 is 0 Å². The van der Waals surface area contributed by atoms with Gasteiger partial charge in [-0.05, 0) is 18.3 Å². The predicted octanol–water partition coefficient (Wildman–Crippen LogP) is -0.455. The molecule has 0 heterocycles. The fourth-order valence-corrected chi connectivity index (χ4v) is 1.87. The van der Waals surface area contributed by atoms with Crippen molar-refractivity contribution in [1.82, 2.24) is 10.6 Å². The van der Waals surface area contributed by atoms with E-state index in [0.717, 1.165) is 0 Å². The van der Waals surface area contributed by atoms with Gasteiger partial charge in [0.15, 0.2) is 0 Å². The van der Waals surface area contributed by atoms with E-state index in [1.165, 1.54) is 0 Å². The summed E-state index contributed by atoms with van der Waals surface area (Å²) in [5.41, 5.74) is 5.74. The fourth-order valence-electron chi connectivity index (χ4n) is 1.87. The molecule has 0 aromatic carbocycles. The van der Waals surface area contributed by atoms with Crippen molar-refractivity contribution in [1.29, 1.82) is 0 Å². The Labute approximate surface area is 141 Å². The summed E-state index contributed by atoms with van der Waals surface area (Å²) in [6.07, 6.45) is -0.644. The van der Waals surface area contributed by atoms with Gasteiger partial charge in [0.2, 0.25) is 11.8 Å². The molecule has 0 saturated carbocycles.